The first kappa shape index (κ1) is 16.3. The molecule has 0 bridgehead atoms. The smallest absolute Gasteiger partial charge is 0.338 e. The van der Waals surface area contributed by atoms with Gasteiger partial charge in [-0.3, -0.25) is 0 Å². The number of hydrogen-bond donors (Lipinski definition) is 0. The molecule has 4 heteroatoms. The van der Waals surface area contributed by atoms with E-state index in [1.54, 1.807) is 20.1 Å². The summed E-state index contributed by atoms with van der Waals surface area (Å²) in [7, 11) is 1.67. The molecule has 0 atom stereocenters. The summed E-state index contributed by atoms with van der Waals surface area (Å²) in [6.45, 7) is 5.38. The topological polar surface area (TPSA) is 44.8 Å². The van der Waals surface area contributed by atoms with Crippen LogP contribution in [0.5, 0.6) is 5.75 Å². The van der Waals surface area contributed by atoms with Gasteiger partial charge in [-0.05, 0) is 37.4 Å². The Hall–Kier alpha value is -2.07. The van der Waals surface area contributed by atoms with E-state index in [4.69, 9.17) is 14.2 Å². The molecule has 0 fully saturated rings. The highest BCUT2D eigenvalue weighted by molar-refractivity contribution is 5.98. The van der Waals surface area contributed by atoms with Crippen LogP contribution in [-0.4, -0.2) is 32.9 Å². The van der Waals surface area contributed by atoms with Crippen LogP contribution in [0.1, 0.15) is 29.3 Å². The molecule has 0 heterocycles. The molecule has 0 N–H and O–H groups in total. The maximum absolute atomic E-state index is 12.0. The minimum atomic E-state index is -0.327. The summed E-state index contributed by atoms with van der Waals surface area (Å²) in [5, 5.41) is 1.98. The van der Waals surface area contributed by atoms with E-state index in [0.29, 0.717) is 31.1 Å². The van der Waals surface area contributed by atoms with Crippen molar-refractivity contribution in [1.29, 1.82) is 0 Å². The van der Waals surface area contributed by atoms with Crippen molar-refractivity contribution in [3.8, 4) is 5.75 Å². The molecule has 0 aromatic heterocycles. The predicted molar refractivity (Wildman–Crippen MR) is 86.6 cm³/mol. The average molecular weight is 302 g/mol. The molecule has 2 aromatic carbocycles. The summed E-state index contributed by atoms with van der Waals surface area (Å²) < 4.78 is 16.0. The molecule has 0 aliphatic rings. The quantitative estimate of drug-likeness (QED) is 0.577. The zero-order chi connectivity index (χ0) is 15.9. The third-order valence-corrected chi connectivity index (χ3v) is 3.33. The second kappa shape index (κ2) is 7.80. The van der Waals surface area contributed by atoms with Gasteiger partial charge < -0.3 is 14.2 Å². The zero-order valence-corrected chi connectivity index (χ0v) is 13.3. The van der Waals surface area contributed by atoms with Crippen LogP contribution in [-0.2, 0) is 9.47 Å². The lowest BCUT2D eigenvalue weighted by atomic mass is 10.0. The Kier molecular flexibility index (Phi) is 5.78. The van der Waals surface area contributed by atoms with Crippen LogP contribution in [0.15, 0.2) is 30.3 Å². The summed E-state index contributed by atoms with van der Waals surface area (Å²) in [5.41, 5.74) is 1.66. The van der Waals surface area contributed by atoms with Gasteiger partial charge in [-0.2, -0.15) is 0 Å². The Bertz CT molecular complexity index is 649. The molecule has 2 rings (SSSR count). The van der Waals surface area contributed by atoms with E-state index >= 15 is 0 Å². The molecule has 4 nitrogen and oxygen atoms in total. The molecule has 0 amide bonds. The molecule has 0 spiro atoms. The van der Waals surface area contributed by atoms with Crippen molar-refractivity contribution in [2.45, 2.75) is 20.3 Å². The van der Waals surface area contributed by atoms with E-state index in [0.717, 1.165) is 22.8 Å². The number of esters is 1. The monoisotopic (exact) mass is 302 g/mol. The number of methoxy groups -OCH3 is 1. The molecular weight excluding hydrogens is 280 g/mol. The lowest BCUT2D eigenvalue weighted by Crippen LogP contribution is -2.06. The van der Waals surface area contributed by atoms with Crippen LogP contribution in [0, 0.1) is 6.92 Å². The van der Waals surface area contributed by atoms with Crippen molar-refractivity contribution >= 4 is 16.7 Å². The van der Waals surface area contributed by atoms with Crippen LogP contribution in [0.4, 0.5) is 0 Å². The van der Waals surface area contributed by atoms with Gasteiger partial charge >= 0.3 is 5.97 Å². The normalized spacial score (nSPS) is 10.7. The van der Waals surface area contributed by atoms with Gasteiger partial charge in [0.1, 0.15) is 5.75 Å². The highest BCUT2D eigenvalue weighted by Gasteiger charge is 2.12. The molecular formula is C18H22O4. The fourth-order valence-corrected chi connectivity index (χ4v) is 2.27. The van der Waals surface area contributed by atoms with Gasteiger partial charge in [-0.25, -0.2) is 4.79 Å². The van der Waals surface area contributed by atoms with Gasteiger partial charge in [0.05, 0.1) is 18.8 Å². The largest absolute Gasteiger partial charge is 0.493 e. The summed E-state index contributed by atoms with van der Waals surface area (Å²) in [5.74, 6) is 0.382. The zero-order valence-electron chi connectivity index (χ0n) is 13.3. The molecule has 2 aromatic rings. The van der Waals surface area contributed by atoms with Gasteiger partial charge in [0.25, 0.3) is 0 Å². The maximum Gasteiger partial charge on any atom is 0.338 e. The van der Waals surface area contributed by atoms with Gasteiger partial charge in [-0.1, -0.05) is 17.7 Å². The summed E-state index contributed by atoms with van der Waals surface area (Å²) in [6.07, 6.45) is 0.799. The molecule has 0 radical (unpaired) electrons. The SMILES string of the molecule is CCOC(=O)c1cc(OCCCOC)c2cc(C)ccc2c1. The minimum absolute atomic E-state index is 0.327. The van der Waals surface area contributed by atoms with Crippen LogP contribution in [0.2, 0.25) is 0 Å². The van der Waals surface area contributed by atoms with E-state index in [-0.39, 0.29) is 5.97 Å². The number of aryl methyl sites for hydroxylation is 1. The van der Waals surface area contributed by atoms with E-state index in [9.17, 15) is 4.79 Å². The molecule has 0 saturated heterocycles. The lowest BCUT2D eigenvalue weighted by Gasteiger charge is -2.12. The van der Waals surface area contributed by atoms with Crippen molar-refractivity contribution < 1.29 is 19.0 Å². The maximum atomic E-state index is 12.0. The van der Waals surface area contributed by atoms with Crippen LogP contribution < -0.4 is 4.74 Å². The van der Waals surface area contributed by atoms with E-state index < -0.39 is 0 Å². The summed E-state index contributed by atoms with van der Waals surface area (Å²) in [6, 6.07) is 9.68. The average Bonchev–Trinajstić information content (AvgIpc) is 2.51. The molecule has 22 heavy (non-hydrogen) atoms. The minimum Gasteiger partial charge on any atom is -0.493 e. The van der Waals surface area contributed by atoms with Crippen molar-refractivity contribution in [3.05, 3.63) is 41.5 Å². The number of carbonyl (C=O) groups excluding carboxylic acids is 1. The third kappa shape index (κ3) is 3.98. The fraction of sp³-hybridized carbons (Fsp3) is 0.389. The number of ether oxygens (including phenoxy) is 3. The van der Waals surface area contributed by atoms with Gasteiger partial charge in [0.15, 0.2) is 0 Å². The second-order valence-electron chi connectivity index (χ2n) is 5.11. The summed E-state index contributed by atoms with van der Waals surface area (Å²) >= 11 is 0. The van der Waals surface area contributed by atoms with Gasteiger partial charge in [0, 0.05) is 25.5 Å². The van der Waals surface area contributed by atoms with E-state index in [1.807, 2.05) is 25.1 Å². The van der Waals surface area contributed by atoms with Crippen molar-refractivity contribution in [2.24, 2.45) is 0 Å². The van der Waals surface area contributed by atoms with Crippen molar-refractivity contribution in [3.63, 3.8) is 0 Å². The highest BCUT2D eigenvalue weighted by atomic mass is 16.5. The Morgan fingerprint density at radius 1 is 1.14 bits per heavy atom. The van der Waals surface area contributed by atoms with Crippen LogP contribution >= 0.6 is 0 Å². The molecule has 0 unspecified atom stereocenters. The molecule has 0 aliphatic heterocycles. The first-order chi connectivity index (χ1) is 10.7. The molecule has 0 aliphatic carbocycles. The van der Waals surface area contributed by atoms with Crippen molar-refractivity contribution in [2.75, 3.05) is 26.9 Å². The van der Waals surface area contributed by atoms with E-state index in [2.05, 4.69) is 6.07 Å². The first-order valence-corrected chi connectivity index (χ1v) is 7.49. The number of hydrogen-bond acceptors (Lipinski definition) is 4. The molecule has 0 saturated carbocycles. The Labute approximate surface area is 131 Å². The Morgan fingerprint density at radius 3 is 2.68 bits per heavy atom. The lowest BCUT2D eigenvalue weighted by molar-refractivity contribution is 0.0526. The number of fused-ring (bicyclic) bond motifs is 1. The number of carbonyl (C=O) groups is 1. The highest BCUT2D eigenvalue weighted by Crippen LogP contribution is 2.29. The Balaban J connectivity index is 2.35. The van der Waals surface area contributed by atoms with Gasteiger partial charge in [-0.15, -0.1) is 0 Å². The second-order valence-corrected chi connectivity index (χ2v) is 5.11. The van der Waals surface area contributed by atoms with Crippen LogP contribution in [0.3, 0.4) is 0 Å². The van der Waals surface area contributed by atoms with Crippen molar-refractivity contribution in [1.82, 2.24) is 0 Å². The van der Waals surface area contributed by atoms with E-state index in [1.165, 1.54) is 0 Å². The predicted octanol–water partition coefficient (Wildman–Crippen LogP) is 3.74. The summed E-state index contributed by atoms with van der Waals surface area (Å²) in [4.78, 5) is 12.0. The number of benzene rings is 2. The molecule has 118 valence electrons. The Morgan fingerprint density at radius 2 is 1.95 bits per heavy atom. The third-order valence-electron chi connectivity index (χ3n) is 3.33. The standard InChI is InChI=1S/C18H22O4/c1-4-21-18(19)15-11-14-7-6-13(2)10-16(14)17(12-15)22-9-5-8-20-3/h6-7,10-12H,4-5,8-9H2,1-3H3. The van der Waals surface area contributed by atoms with Crippen LogP contribution in [0.25, 0.3) is 10.8 Å². The van der Waals surface area contributed by atoms with Gasteiger partial charge in [0.2, 0.25) is 0 Å². The number of rotatable bonds is 7. The fourth-order valence-electron chi connectivity index (χ4n) is 2.27. The first-order valence-electron chi connectivity index (χ1n) is 7.49.